The first kappa shape index (κ1) is 23.8. The van der Waals surface area contributed by atoms with Gasteiger partial charge in [0.25, 0.3) is 0 Å². The predicted octanol–water partition coefficient (Wildman–Crippen LogP) is 4.20. The van der Waals surface area contributed by atoms with Gasteiger partial charge in [0.05, 0.1) is 12.2 Å². The summed E-state index contributed by atoms with van der Waals surface area (Å²) >= 11 is 1.69. The maximum Gasteiger partial charge on any atom is 0.191 e. The van der Waals surface area contributed by atoms with Gasteiger partial charge in [0, 0.05) is 25.5 Å². The number of hydrogen-bond acceptors (Lipinski definition) is 4. The number of guanidine groups is 1. The fourth-order valence-electron chi connectivity index (χ4n) is 2.50. The number of nitrogens with zero attached hydrogens (tertiary/aromatic N) is 3. The molecule has 0 saturated heterocycles. The van der Waals surface area contributed by atoms with Gasteiger partial charge in [0.2, 0.25) is 0 Å². The van der Waals surface area contributed by atoms with E-state index >= 15 is 0 Å². The average Bonchev–Trinajstić information content (AvgIpc) is 3.11. The van der Waals surface area contributed by atoms with Gasteiger partial charge in [-0.1, -0.05) is 45.0 Å². The van der Waals surface area contributed by atoms with E-state index in [4.69, 9.17) is 0 Å². The second-order valence-electron chi connectivity index (χ2n) is 6.75. The summed E-state index contributed by atoms with van der Waals surface area (Å²) in [7, 11) is 3.93. The molecule has 0 spiro atoms. The quantitative estimate of drug-likeness (QED) is 0.324. The Bertz CT molecular complexity index is 714. The molecule has 0 fully saturated rings. The second kappa shape index (κ2) is 12.3. The maximum absolute atomic E-state index is 4.65. The summed E-state index contributed by atoms with van der Waals surface area (Å²) in [5.41, 5.74) is 3.75. The van der Waals surface area contributed by atoms with Crippen molar-refractivity contribution in [2.24, 2.45) is 4.99 Å². The van der Waals surface area contributed by atoms with E-state index in [-0.39, 0.29) is 24.0 Å². The zero-order valence-electron chi connectivity index (χ0n) is 17.0. The lowest BCUT2D eigenvalue weighted by atomic mass is 10.1. The van der Waals surface area contributed by atoms with Crippen LogP contribution in [0.1, 0.15) is 48.5 Å². The molecule has 7 heteroatoms. The number of rotatable bonds is 8. The summed E-state index contributed by atoms with van der Waals surface area (Å²) in [5.74, 6) is 1.26. The summed E-state index contributed by atoms with van der Waals surface area (Å²) in [6.45, 7) is 9.97. The molecule has 150 valence electrons. The number of halogens is 1. The van der Waals surface area contributed by atoms with Crippen molar-refractivity contribution in [3.63, 3.8) is 0 Å². The van der Waals surface area contributed by atoms with Gasteiger partial charge in [-0.2, -0.15) is 0 Å². The summed E-state index contributed by atoms with van der Waals surface area (Å²) in [5, 5.41) is 9.95. The monoisotopic (exact) mass is 501 g/mol. The van der Waals surface area contributed by atoms with E-state index in [0.717, 1.165) is 36.3 Å². The van der Waals surface area contributed by atoms with E-state index in [1.54, 1.807) is 18.4 Å². The van der Waals surface area contributed by atoms with Crippen LogP contribution in [0, 0.1) is 0 Å². The minimum Gasteiger partial charge on any atom is -0.352 e. The Labute approximate surface area is 184 Å². The lowest BCUT2D eigenvalue weighted by Crippen LogP contribution is -2.36. The molecular weight excluding hydrogens is 469 g/mol. The zero-order valence-corrected chi connectivity index (χ0v) is 20.1. The third-order valence-electron chi connectivity index (χ3n) is 4.24. The molecule has 5 nitrogen and oxygen atoms in total. The minimum atomic E-state index is 0. The normalized spacial score (nSPS) is 11.6. The fourth-order valence-corrected chi connectivity index (χ4v) is 3.39. The van der Waals surface area contributed by atoms with Crippen molar-refractivity contribution in [3.8, 4) is 0 Å². The van der Waals surface area contributed by atoms with Gasteiger partial charge in [-0.05, 0) is 30.6 Å². The fraction of sp³-hybridized carbons (Fsp3) is 0.500. The average molecular weight is 501 g/mol. The number of thiazole rings is 1. The van der Waals surface area contributed by atoms with Crippen LogP contribution in [0.2, 0.25) is 0 Å². The van der Waals surface area contributed by atoms with Gasteiger partial charge in [-0.3, -0.25) is 4.99 Å². The maximum atomic E-state index is 4.65. The number of hydrogen-bond donors (Lipinski definition) is 2. The van der Waals surface area contributed by atoms with E-state index in [2.05, 4.69) is 83.0 Å². The molecule has 2 N–H and O–H groups in total. The van der Waals surface area contributed by atoms with Crippen molar-refractivity contribution in [1.82, 2.24) is 20.5 Å². The van der Waals surface area contributed by atoms with Gasteiger partial charge in [0.1, 0.15) is 5.01 Å². The molecular formula is C20H32IN5S. The second-order valence-corrected chi connectivity index (χ2v) is 7.69. The molecule has 2 aromatic rings. The van der Waals surface area contributed by atoms with E-state index in [9.17, 15) is 0 Å². The van der Waals surface area contributed by atoms with E-state index in [1.807, 2.05) is 0 Å². The first-order valence-corrected chi connectivity index (χ1v) is 10.0. The number of nitrogens with one attached hydrogen (secondary N) is 2. The van der Waals surface area contributed by atoms with Crippen molar-refractivity contribution in [2.75, 3.05) is 20.6 Å². The third kappa shape index (κ3) is 8.15. The molecule has 0 aliphatic heterocycles. The van der Waals surface area contributed by atoms with Crippen LogP contribution >= 0.6 is 35.3 Å². The number of aliphatic imine (C=N–C) groups is 1. The predicted molar refractivity (Wildman–Crippen MR) is 127 cm³/mol. The van der Waals surface area contributed by atoms with Gasteiger partial charge >= 0.3 is 0 Å². The van der Waals surface area contributed by atoms with Crippen molar-refractivity contribution in [3.05, 3.63) is 51.5 Å². The highest BCUT2D eigenvalue weighted by molar-refractivity contribution is 14.0. The van der Waals surface area contributed by atoms with Crippen LogP contribution in [0.4, 0.5) is 0 Å². The molecule has 0 aliphatic rings. The van der Waals surface area contributed by atoms with E-state index in [0.29, 0.717) is 12.5 Å². The summed E-state index contributed by atoms with van der Waals surface area (Å²) < 4.78 is 0. The molecule has 0 unspecified atom stereocenters. The molecule has 0 atom stereocenters. The molecule has 0 radical (unpaired) electrons. The zero-order chi connectivity index (χ0) is 18.9. The van der Waals surface area contributed by atoms with Crippen molar-refractivity contribution in [2.45, 2.75) is 46.3 Å². The highest BCUT2D eigenvalue weighted by atomic mass is 127. The van der Waals surface area contributed by atoms with Crippen LogP contribution in [-0.4, -0.2) is 36.5 Å². The Hall–Kier alpha value is -1.19. The molecule has 0 amide bonds. The minimum absolute atomic E-state index is 0. The molecule has 2 rings (SSSR count). The summed E-state index contributed by atoms with van der Waals surface area (Å²) in [6.07, 6.45) is 0. The largest absolute Gasteiger partial charge is 0.352 e. The summed E-state index contributed by atoms with van der Waals surface area (Å²) in [6, 6.07) is 8.69. The van der Waals surface area contributed by atoms with Gasteiger partial charge < -0.3 is 15.5 Å². The Balaban J connectivity index is 0.00000364. The van der Waals surface area contributed by atoms with E-state index in [1.165, 1.54) is 11.1 Å². The molecule has 1 aromatic carbocycles. The van der Waals surface area contributed by atoms with E-state index < -0.39 is 0 Å². The highest BCUT2D eigenvalue weighted by Crippen LogP contribution is 2.17. The van der Waals surface area contributed by atoms with Crippen molar-refractivity contribution >= 4 is 41.3 Å². The number of aromatic nitrogens is 1. The molecule has 1 heterocycles. The molecule has 0 saturated carbocycles. The smallest absolute Gasteiger partial charge is 0.191 e. The van der Waals surface area contributed by atoms with Crippen molar-refractivity contribution < 1.29 is 0 Å². The Morgan fingerprint density at radius 3 is 2.56 bits per heavy atom. The van der Waals surface area contributed by atoms with Gasteiger partial charge in [-0.15, -0.1) is 35.3 Å². The lowest BCUT2D eigenvalue weighted by molar-refractivity contribution is 0.345. The van der Waals surface area contributed by atoms with Crippen LogP contribution < -0.4 is 10.6 Å². The molecule has 0 aliphatic carbocycles. The standard InChI is InChI=1S/C20H31N5S.HI/c1-6-25(5)13-17-9-7-8-16(10-17)11-22-20(21-4)23-12-19-24-18(14-26-19)15(2)3;/h7-10,14-15H,6,11-13H2,1-5H3,(H2,21,22,23);1H. The lowest BCUT2D eigenvalue weighted by Gasteiger charge is -2.15. The first-order valence-electron chi connectivity index (χ1n) is 9.17. The van der Waals surface area contributed by atoms with Crippen LogP contribution in [0.5, 0.6) is 0 Å². The first-order chi connectivity index (χ1) is 12.5. The molecule has 1 aromatic heterocycles. The van der Waals surface area contributed by atoms with Gasteiger partial charge in [-0.25, -0.2) is 4.98 Å². The summed E-state index contributed by atoms with van der Waals surface area (Å²) in [4.78, 5) is 11.3. The van der Waals surface area contributed by atoms with Gasteiger partial charge in [0.15, 0.2) is 5.96 Å². The SMILES string of the molecule is CCN(C)Cc1cccc(CNC(=NC)NCc2nc(C(C)C)cs2)c1.I. The third-order valence-corrected chi connectivity index (χ3v) is 5.10. The van der Waals surface area contributed by atoms with Crippen LogP contribution in [0.15, 0.2) is 34.6 Å². The Morgan fingerprint density at radius 2 is 1.93 bits per heavy atom. The Morgan fingerprint density at radius 1 is 1.22 bits per heavy atom. The topological polar surface area (TPSA) is 52.5 Å². The molecule has 27 heavy (non-hydrogen) atoms. The van der Waals surface area contributed by atoms with Crippen LogP contribution in [-0.2, 0) is 19.6 Å². The number of benzene rings is 1. The van der Waals surface area contributed by atoms with Crippen molar-refractivity contribution in [1.29, 1.82) is 0 Å². The Kier molecular flexibility index (Phi) is 10.9. The van der Waals surface area contributed by atoms with Crippen LogP contribution in [0.25, 0.3) is 0 Å². The van der Waals surface area contributed by atoms with Crippen LogP contribution in [0.3, 0.4) is 0 Å². The molecule has 0 bridgehead atoms. The highest BCUT2D eigenvalue weighted by Gasteiger charge is 2.06.